The summed E-state index contributed by atoms with van der Waals surface area (Å²) in [7, 11) is 0. The molecule has 7 heteroatoms. The summed E-state index contributed by atoms with van der Waals surface area (Å²) in [5.74, 6) is 0.663. The number of rotatable bonds is 4. The number of pyridine rings is 1. The Hall–Kier alpha value is -2.83. The molecule has 1 N–H and O–H groups in total. The maximum absolute atomic E-state index is 12.8. The van der Waals surface area contributed by atoms with Crippen molar-refractivity contribution in [1.82, 2.24) is 19.9 Å². The van der Waals surface area contributed by atoms with Crippen molar-refractivity contribution in [2.24, 2.45) is 4.99 Å². The van der Waals surface area contributed by atoms with Crippen LogP contribution in [0.4, 0.5) is 0 Å². The minimum absolute atomic E-state index is 0.0369. The standard InChI is InChI=1S/C24H24ClN5O/c25-19-6-2-1-5-17(19)20-9-8-16(13-27-20)14-30-12-10-21-18(15-30)24(31)29-23(28-21)22-7-3-4-11-26-22/h1-2,5-6,8-9,13H,3-4,7,10-12,14-15H2,(H,28,29,31). The van der Waals surface area contributed by atoms with E-state index in [1.807, 2.05) is 36.5 Å². The van der Waals surface area contributed by atoms with Gasteiger partial charge >= 0.3 is 0 Å². The van der Waals surface area contributed by atoms with Crippen molar-refractivity contribution in [3.05, 3.63) is 80.6 Å². The molecule has 0 atom stereocenters. The van der Waals surface area contributed by atoms with E-state index in [0.717, 1.165) is 79.1 Å². The second-order valence-corrected chi connectivity index (χ2v) is 8.52. The Morgan fingerprint density at radius 2 is 2.00 bits per heavy atom. The van der Waals surface area contributed by atoms with Crippen LogP contribution in [0.25, 0.3) is 11.3 Å². The van der Waals surface area contributed by atoms with Crippen LogP contribution in [0.2, 0.25) is 5.02 Å². The zero-order chi connectivity index (χ0) is 21.2. The number of halogens is 1. The van der Waals surface area contributed by atoms with E-state index in [1.165, 1.54) is 0 Å². The van der Waals surface area contributed by atoms with Gasteiger partial charge in [-0.1, -0.05) is 35.9 Å². The van der Waals surface area contributed by atoms with Crippen LogP contribution in [0.1, 0.15) is 41.9 Å². The van der Waals surface area contributed by atoms with Crippen LogP contribution < -0.4 is 5.56 Å². The van der Waals surface area contributed by atoms with Gasteiger partial charge in [-0.05, 0) is 37.0 Å². The molecule has 0 unspecified atom stereocenters. The fourth-order valence-electron chi connectivity index (χ4n) is 4.25. The summed E-state index contributed by atoms with van der Waals surface area (Å²) < 4.78 is 0. The van der Waals surface area contributed by atoms with Crippen molar-refractivity contribution in [1.29, 1.82) is 0 Å². The van der Waals surface area contributed by atoms with Crippen LogP contribution in [0.3, 0.4) is 0 Å². The van der Waals surface area contributed by atoms with Crippen LogP contribution >= 0.6 is 11.6 Å². The molecule has 2 aromatic heterocycles. The lowest BCUT2D eigenvalue weighted by atomic mass is 10.0. The van der Waals surface area contributed by atoms with E-state index in [9.17, 15) is 4.79 Å². The predicted octanol–water partition coefficient (Wildman–Crippen LogP) is 4.02. The number of fused-ring (bicyclic) bond motifs is 1. The highest BCUT2D eigenvalue weighted by Crippen LogP contribution is 2.26. The third-order valence-electron chi connectivity index (χ3n) is 5.93. The van der Waals surface area contributed by atoms with Gasteiger partial charge in [-0.2, -0.15) is 0 Å². The fourth-order valence-corrected chi connectivity index (χ4v) is 4.48. The number of nitrogens with one attached hydrogen (secondary N) is 1. The molecule has 1 aromatic carbocycles. The van der Waals surface area contributed by atoms with Crippen LogP contribution in [-0.4, -0.2) is 38.7 Å². The molecule has 0 amide bonds. The lowest BCUT2D eigenvalue weighted by Gasteiger charge is -2.27. The van der Waals surface area contributed by atoms with Gasteiger partial charge in [0.2, 0.25) is 0 Å². The third-order valence-corrected chi connectivity index (χ3v) is 6.26. The van der Waals surface area contributed by atoms with Gasteiger partial charge in [-0.15, -0.1) is 0 Å². The molecule has 0 radical (unpaired) electrons. The normalized spacial score (nSPS) is 16.6. The van der Waals surface area contributed by atoms with Crippen LogP contribution in [0, 0.1) is 0 Å². The number of H-pyrrole nitrogens is 1. The van der Waals surface area contributed by atoms with E-state index in [-0.39, 0.29) is 5.56 Å². The minimum atomic E-state index is -0.0369. The topological polar surface area (TPSA) is 74.2 Å². The quantitative estimate of drug-likeness (QED) is 0.674. The van der Waals surface area contributed by atoms with Gasteiger partial charge in [0.25, 0.3) is 5.56 Å². The molecule has 0 fully saturated rings. The van der Waals surface area contributed by atoms with Crippen molar-refractivity contribution < 1.29 is 0 Å². The minimum Gasteiger partial charge on any atom is -0.305 e. The van der Waals surface area contributed by atoms with Crippen molar-refractivity contribution >= 4 is 17.3 Å². The molecule has 0 spiro atoms. The van der Waals surface area contributed by atoms with Crippen LogP contribution in [0.15, 0.2) is 52.4 Å². The summed E-state index contributed by atoms with van der Waals surface area (Å²) in [6.07, 6.45) is 5.77. The maximum Gasteiger partial charge on any atom is 0.255 e. The number of hydrogen-bond acceptors (Lipinski definition) is 5. The first-order valence-electron chi connectivity index (χ1n) is 10.8. The number of aromatic amines is 1. The Morgan fingerprint density at radius 3 is 2.77 bits per heavy atom. The first-order chi connectivity index (χ1) is 15.2. The number of aromatic nitrogens is 3. The van der Waals surface area contributed by atoms with Gasteiger partial charge < -0.3 is 4.98 Å². The lowest BCUT2D eigenvalue weighted by Crippen LogP contribution is -2.36. The molecule has 0 saturated carbocycles. The first-order valence-corrected chi connectivity index (χ1v) is 11.1. The molecule has 0 bridgehead atoms. The number of aliphatic imine (C=N–C) groups is 1. The Bertz CT molecular complexity index is 1190. The molecule has 3 aromatic rings. The number of hydrogen-bond donors (Lipinski definition) is 1. The van der Waals surface area contributed by atoms with E-state index < -0.39 is 0 Å². The van der Waals surface area contributed by atoms with Crippen LogP contribution in [-0.2, 0) is 19.5 Å². The lowest BCUT2D eigenvalue weighted by molar-refractivity contribution is 0.241. The average Bonchev–Trinajstić information content (AvgIpc) is 2.81. The Labute approximate surface area is 186 Å². The molecule has 2 aliphatic rings. The second kappa shape index (κ2) is 8.73. The second-order valence-electron chi connectivity index (χ2n) is 8.12. The highest BCUT2D eigenvalue weighted by molar-refractivity contribution is 6.33. The summed E-state index contributed by atoms with van der Waals surface area (Å²) in [5, 5.41) is 0.695. The molecule has 6 nitrogen and oxygen atoms in total. The summed E-state index contributed by atoms with van der Waals surface area (Å²) in [5.41, 5.74) is 5.48. The van der Waals surface area contributed by atoms with E-state index in [0.29, 0.717) is 17.4 Å². The van der Waals surface area contributed by atoms with E-state index in [2.05, 4.69) is 25.9 Å². The molecular weight excluding hydrogens is 410 g/mol. The number of nitrogens with zero attached hydrogens (tertiary/aromatic N) is 4. The van der Waals surface area contributed by atoms with Crippen LogP contribution in [0.5, 0.6) is 0 Å². The van der Waals surface area contributed by atoms with Gasteiger partial charge in [-0.3, -0.25) is 19.7 Å². The zero-order valence-electron chi connectivity index (χ0n) is 17.3. The van der Waals surface area contributed by atoms with Gasteiger partial charge in [0.05, 0.1) is 22.7 Å². The highest BCUT2D eigenvalue weighted by Gasteiger charge is 2.23. The molecular formula is C24H24ClN5O. The van der Waals surface area contributed by atoms with E-state index in [1.54, 1.807) is 0 Å². The van der Waals surface area contributed by atoms with Gasteiger partial charge in [0, 0.05) is 49.4 Å². The predicted molar refractivity (Wildman–Crippen MR) is 123 cm³/mol. The van der Waals surface area contributed by atoms with Gasteiger partial charge in [-0.25, -0.2) is 4.98 Å². The maximum atomic E-state index is 12.8. The third kappa shape index (κ3) is 4.31. The van der Waals surface area contributed by atoms with Crippen molar-refractivity contribution in [2.45, 2.75) is 38.8 Å². The molecule has 0 saturated heterocycles. The van der Waals surface area contributed by atoms with E-state index >= 15 is 0 Å². The highest BCUT2D eigenvalue weighted by atomic mass is 35.5. The summed E-state index contributed by atoms with van der Waals surface area (Å²) in [4.78, 5) is 31.9. The van der Waals surface area contributed by atoms with Crippen molar-refractivity contribution in [2.75, 3.05) is 13.1 Å². The monoisotopic (exact) mass is 433 g/mol. The molecule has 5 rings (SSSR count). The Morgan fingerprint density at radius 1 is 1.10 bits per heavy atom. The first kappa shape index (κ1) is 20.1. The number of benzene rings is 1. The molecule has 4 heterocycles. The molecule has 0 aliphatic carbocycles. The molecule has 31 heavy (non-hydrogen) atoms. The van der Waals surface area contributed by atoms with Crippen molar-refractivity contribution in [3.8, 4) is 11.3 Å². The Balaban J connectivity index is 1.30. The van der Waals surface area contributed by atoms with E-state index in [4.69, 9.17) is 16.6 Å². The Kier molecular flexibility index (Phi) is 5.66. The van der Waals surface area contributed by atoms with Gasteiger partial charge in [0.1, 0.15) is 0 Å². The van der Waals surface area contributed by atoms with Gasteiger partial charge in [0.15, 0.2) is 5.82 Å². The fraction of sp³-hybridized carbons (Fsp3) is 0.333. The smallest absolute Gasteiger partial charge is 0.255 e. The average molecular weight is 434 g/mol. The SMILES string of the molecule is O=c1[nH]c(C2=NCCCC2)nc2c1CN(Cc1ccc(-c3ccccc3Cl)nc1)CC2. The molecule has 158 valence electrons. The largest absolute Gasteiger partial charge is 0.305 e. The summed E-state index contributed by atoms with van der Waals surface area (Å²) in [6, 6.07) is 11.8. The summed E-state index contributed by atoms with van der Waals surface area (Å²) in [6.45, 7) is 3.02. The molecule has 2 aliphatic heterocycles. The van der Waals surface area contributed by atoms with Crippen molar-refractivity contribution in [3.63, 3.8) is 0 Å². The zero-order valence-corrected chi connectivity index (χ0v) is 18.0. The summed E-state index contributed by atoms with van der Waals surface area (Å²) >= 11 is 6.28.